The molecule has 1 unspecified atom stereocenters. The molecule has 1 saturated heterocycles. The quantitative estimate of drug-likeness (QED) is 0.827. The van der Waals surface area contributed by atoms with Gasteiger partial charge in [-0.25, -0.2) is 4.68 Å². The lowest BCUT2D eigenvalue weighted by Crippen LogP contribution is -2.52. The molecule has 2 heterocycles. The Morgan fingerprint density at radius 1 is 1.38 bits per heavy atom. The molecule has 3 rings (SSSR count). The fourth-order valence-corrected chi connectivity index (χ4v) is 2.39. The van der Waals surface area contributed by atoms with E-state index < -0.39 is 0 Å². The van der Waals surface area contributed by atoms with Crippen molar-refractivity contribution < 1.29 is 9.84 Å². The summed E-state index contributed by atoms with van der Waals surface area (Å²) in [4.78, 5) is 0. The van der Waals surface area contributed by atoms with Crippen molar-refractivity contribution in [3.8, 4) is 5.69 Å². The van der Waals surface area contributed by atoms with Gasteiger partial charge in [0.05, 0.1) is 43.3 Å². The first-order chi connectivity index (χ1) is 10.2. The third-order valence-electron chi connectivity index (χ3n) is 4.02. The number of rotatable bonds is 6. The second-order valence-electron chi connectivity index (χ2n) is 5.69. The minimum Gasteiger partial charge on any atom is -0.396 e. The SMILES string of the molecule is CC(NCC1(CO)COC1)c1ccc(-n2ccnn2)cc1. The maximum absolute atomic E-state index is 9.43. The van der Waals surface area contributed by atoms with Gasteiger partial charge in [-0.15, -0.1) is 5.10 Å². The Morgan fingerprint density at radius 2 is 2.14 bits per heavy atom. The molecule has 1 aliphatic heterocycles. The summed E-state index contributed by atoms with van der Waals surface area (Å²) < 4.78 is 6.94. The van der Waals surface area contributed by atoms with Crippen molar-refractivity contribution in [1.29, 1.82) is 0 Å². The van der Waals surface area contributed by atoms with Gasteiger partial charge >= 0.3 is 0 Å². The third-order valence-corrected chi connectivity index (χ3v) is 4.02. The van der Waals surface area contributed by atoms with Crippen LogP contribution in [0.5, 0.6) is 0 Å². The number of ether oxygens (including phenoxy) is 1. The molecule has 0 amide bonds. The van der Waals surface area contributed by atoms with Crippen molar-refractivity contribution >= 4 is 0 Å². The van der Waals surface area contributed by atoms with E-state index in [0.29, 0.717) is 13.2 Å². The fraction of sp³-hybridized carbons (Fsp3) is 0.467. The Balaban J connectivity index is 1.61. The van der Waals surface area contributed by atoms with Gasteiger partial charge < -0.3 is 15.2 Å². The molecule has 0 radical (unpaired) electrons. The van der Waals surface area contributed by atoms with Crippen LogP contribution in [0, 0.1) is 5.41 Å². The van der Waals surface area contributed by atoms with Crippen LogP contribution >= 0.6 is 0 Å². The maximum atomic E-state index is 9.43. The number of benzene rings is 1. The number of aromatic nitrogens is 3. The van der Waals surface area contributed by atoms with Crippen LogP contribution in [0.1, 0.15) is 18.5 Å². The molecule has 2 N–H and O–H groups in total. The predicted octanol–water partition coefficient (Wildman–Crippen LogP) is 0.927. The van der Waals surface area contributed by atoms with Crippen molar-refractivity contribution in [3.05, 3.63) is 42.2 Å². The van der Waals surface area contributed by atoms with E-state index in [-0.39, 0.29) is 18.1 Å². The summed E-state index contributed by atoms with van der Waals surface area (Å²) in [6.45, 7) is 4.31. The molecule has 1 aromatic heterocycles. The lowest BCUT2D eigenvalue weighted by Gasteiger charge is -2.40. The van der Waals surface area contributed by atoms with Gasteiger partial charge in [-0.05, 0) is 24.6 Å². The lowest BCUT2D eigenvalue weighted by molar-refractivity contribution is -0.135. The zero-order valence-electron chi connectivity index (χ0n) is 12.1. The molecule has 21 heavy (non-hydrogen) atoms. The van der Waals surface area contributed by atoms with Gasteiger partial charge in [0, 0.05) is 12.6 Å². The number of hydrogen-bond donors (Lipinski definition) is 2. The van der Waals surface area contributed by atoms with Gasteiger partial charge in [-0.2, -0.15) is 0 Å². The van der Waals surface area contributed by atoms with E-state index in [1.807, 2.05) is 18.3 Å². The number of hydrogen-bond acceptors (Lipinski definition) is 5. The molecule has 0 spiro atoms. The summed E-state index contributed by atoms with van der Waals surface area (Å²) in [5, 5.41) is 20.7. The standard InChI is InChI=1S/C15H20N4O2/c1-12(16-8-15(9-20)10-21-11-15)13-2-4-14(5-3-13)19-7-6-17-18-19/h2-7,12,16,20H,8-11H2,1H3. The van der Waals surface area contributed by atoms with E-state index in [1.54, 1.807) is 10.9 Å². The predicted molar refractivity (Wildman–Crippen MR) is 78.1 cm³/mol. The van der Waals surface area contributed by atoms with E-state index >= 15 is 0 Å². The van der Waals surface area contributed by atoms with Crippen LogP contribution in [-0.4, -0.2) is 46.5 Å². The van der Waals surface area contributed by atoms with Crippen LogP contribution in [0.2, 0.25) is 0 Å². The average Bonchev–Trinajstić information content (AvgIpc) is 3.01. The normalized spacial score (nSPS) is 18.2. The number of aliphatic hydroxyl groups is 1. The van der Waals surface area contributed by atoms with Crippen molar-refractivity contribution in [3.63, 3.8) is 0 Å². The number of aliphatic hydroxyl groups excluding tert-OH is 1. The molecule has 6 nitrogen and oxygen atoms in total. The highest BCUT2D eigenvalue weighted by Gasteiger charge is 2.37. The highest BCUT2D eigenvalue weighted by Crippen LogP contribution is 2.27. The molecule has 1 aromatic carbocycles. The summed E-state index contributed by atoms with van der Waals surface area (Å²) in [6, 6.07) is 8.43. The molecule has 0 saturated carbocycles. The van der Waals surface area contributed by atoms with E-state index in [1.165, 1.54) is 5.56 Å². The van der Waals surface area contributed by atoms with Crippen LogP contribution < -0.4 is 5.32 Å². The smallest absolute Gasteiger partial charge is 0.0697 e. The van der Waals surface area contributed by atoms with Crippen LogP contribution in [0.4, 0.5) is 0 Å². The van der Waals surface area contributed by atoms with Crippen molar-refractivity contribution in [2.24, 2.45) is 5.41 Å². The van der Waals surface area contributed by atoms with Gasteiger partial charge in [-0.3, -0.25) is 0 Å². The molecule has 1 fully saturated rings. The average molecular weight is 288 g/mol. The molecular weight excluding hydrogens is 268 g/mol. The van der Waals surface area contributed by atoms with Gasteiger partial charge in [-0.1, -0.05) is 17.3 Å². The molecule has 112 valence electrons. The summed E-state index contributed by atoms with van der Waals surface area (Å²) in [6.07, 6.45) is 3.48. The highest BCUT2D eigenvalue weighted by molar-refractivity contribution is 5.34. The van der Waals surface area contributed by atoms with Crippen LogP contribution in [0.15, 0.2) is 36.7 Å². The molecular formula is C15H20N4O2. The van der Waals surface area contributed by atoms with Crippen molar-refractivity contribution in [2.45, 2.75) is 13.0 Å². The monoisotopic (exact) mass is 288 g/mol. The first-order valence-electron chi connectivity index (χ1n) is 7.11. The Labute approximate surface area is 123 Å². The first kappa shape index (κ1) is 14.2. The fourth-order valence-electron chi connectivity index (χ4n) is 2.39. The van der Waals surface area contributed by atoms with Gasteiger partial charge in [0.15, 0.2) is 0 Å². The summed E-state index contributed by atoms with van der Waals surface area (Å²) in [5.41, 5.74) is 2.09. The van der Waals surface area contributed by atoms with E-state index in [4.69, 9.17) is 4.74 Å². The molecule has 1 aliphatic rings. The van der Waals surface area contributed by atoms with Crippen molar-refractivity contribution in [2.75, 3.05) is 26.4 Å². The van der Waals surface area contributed by atoms with Crippen LogP contribution in [-0.2, 0) is 4.74 Å². The molecule has 2 aromatic rings. The van der Waals surface area contributed by atoms with Gasteiger partial charge in [0.1, 0.15) is 0 Å². The van der Waals surface area contributed by atoms with E-state index in [2.05, 4.69) is 34.7 Å². The highest BCUT2D eigenvalue weighted by atomic mass is 16.5. The Bertz CT molecular complexity index is 558. The zero-order chi connectivity index (χ0) is 14.7. The van der Waals surface area contributed by atoms with E-state index in [0.717, 1.165) is 12.2 Å². The minimum atomic E-state index is -0.102. The summed E-state index contributed by atoms with van der Waals surface area (Å²) in [7, 11) is 0. The molecule has 1 atom stereocenters. The first-order valence-corrected chi connectivity index (χ1v) is 7.11. The topological polar surface area (TPSA) is 72.2 Å². The van der Waals surface area contributed by atoms with Gasteiger partial charge in [0.25, 0.3) is 0 Å². The van der Waals surface area contributed by atoms with Crippen LogP contribution in [0.3, 0.4) is 0 Å². The Morgan fingerprint density at radius 3 is 2.67 bits per heavy atom. The largest absolute Gasteiger partial charge is 0.396 e. The van der Waals surface area contributed by atoms with Crippen LogP contribution in [0.25, 0.3) is 5.69 Å². The number of nitrogens with zero attached hydrogens (tertiary/aromatic N) is 3. The molecule has 0 bridgehead atoms. The second-order valence-corrected chi connectivity index (χ2v) is 5.69. The van der Waals surface area contributed by atoms with E-state index in [9.17, 15) is 5.11 Å². The van der Waals surface area contributed by atoms with Gasteiger partial charge in [0.2, 0.25) is 0 Å². The zero-order valence-corrected chi connectivity index (χ0v) is 12.1. The van der Waals surface area contributed by atoms with Crippen molar-refractivity contribution in [1.82, 2.24) is 20.3 Å². The minimum absolute atomic E-state index is 0.102. The second kappa shape index (κ2) is 5.93. The maximum Gasteiger partial charge on any atom is 0.0697 e. The number of nitrogens with one attached hydrogen (secondary N) is 1. The molecule has 6 heteroatoms. The molecule has 0 aliphatic carbocycles. The lowest BCUT2D eigenvalue weighted by atomic mass is 9.86. The summed E-state index contributed by atoms with van der Waals surface area (Å²) >= 11 is 0. The summed E-state index contributed by atoms with van der Waals surface area (Å²) in [5.74, 6) is 0. The Kier molecular flexibility index (Phi) is 4.01. The third kappa shape index (κ3) is 2.97. The Hall–Kier alpha value is -1.76.